The maximum Gasteiger partial charge on any atom is 0.329 e. The van der Waals surface area contributed by atoms with Gasteiger partial charge in [-0.2, -0.15) is 5.10 Å². The number of halogens is 1. The summed E-state index contributed by atoms with van der Waals surface area (Å²) in [7, 11) is 0. The first-order valence-corrected chi connectivity index (χ1v) is 11.1. The number of nitrogens with zero attached hydrogens (tertiary/aromatic N) is 1. The Bertz CT molecular complexity index is 1050. The van der Waals surface area contributed by atoms with Gasteiger partial charge in [-0.3, -0.25) is 14.4 Å². The van der Waals surface area contributed by atoms with Crippen molar-refractivity contribution in [2.24, 2.45) is 5.10 Å². The van der Waals surface area contributed by atoms with Gasteiger partial charge < -0.3 is 24.8 Å². The van der Waals surface area contributed by atoms with E-state index < -0.39 is 23.5 Å². The zero-order valence-corrected chi connectivity index (χ0v) is 19.2. The third-order valence-corrected chi connectivity index (χ3v) is 4.85. The lowest BCUT2D eigenvalue weighted by Crippen LogP contribution is -2.41. The number of amides is 3. The molecule has 1 aliphatic rings. The topological polar surface area (TPSA) is 127 Å². The van der Waals surface area contributed by atoms with Gasteiger partial charge in [0, 0.05) is 18.8 Å². The van der Waals surface area contributed by atoms with E-state index in [4.69, 9.17) is 14.2 Å². The van der Waals surface area contributed by atoms with E-state index in [0.717, 1.165) is 12.8 Å². The zero-order valence-electron chi connectivity index (χ0n) is 19.2. The molecule has 0 radical (unpaired) electrons. The van der Waals surface area contributed by atoms with E-state index in [0.29, 0.717) is 36.0 Å². The minimum Gasteiger partial charge on any atom is -0.490 e. The van der Waals surface area contributed by atoms with Crippen LogP contribution in [0, 0.1) is 5.82 Å². The fraction of sp³-hybridized carbons (Fsp3) is 0.333. The van der Waals surface area contributed by atoms with E-state index >= 15 is 0 Å². The molecule has 1 fully saturated rings. The van der Waals surface area contributed by atoms with Gasteiger partial charge in [-0.1, -0.05) is 0 Å². The van der Waals surface area contributed by atoms with Gasteiger partial charge in [0.1, 0.15) is 5.82 Å². The summed E-state index contributed by atoms with van der Waals surface area (Å²) in [4.78, 5) is 35.8. The van der Waals surface area contributed by atoms with E-state index in [1.54, 1.807) is 25.1 Å². The highest BCUT2D eigenvalue weighted by Gasteiger charge is 2.19. The standard InChI is InChI=1S/C24H27FN4O6/c1-2-33-21-12-16(13-27-29-24(32)23(31)26-14-19-4-3-11-34-19)5-10-20(21)35-15-22(30)28-18-8-6-17(25)7-9-18/h5-10,12-13,19H,2-4,11,14-15H2,1H3,(H,26,31)(H,28,30)(H,29,32)/b27-13-/t19-/m0/s1. The molecule has 3 amide bonds. The molecule has 10 nitrogen and oxygen atoms in total. The van der Waals surface area contributed by atoms with Crippen LogP contribution in [0.25, 0.3) is 0 Å². The molecule has 1 saturated heterocycles. The molecule has 0 aromatic heterocycles. The number of hydrogen-bond donors (Lipinski definition) is 3. The minimum atomic E-state index is -0.892. The summed E-state index contributed by atoms with van der Waals surface area (Å²) in [6.45, 7) is 2.79. The van der Waals surface area contributed by atoms with Gasteiger partial charge in [-0.15, -0.1) is 0 Å². The number of benzene rings is 2. The number of carbonyl (C=O) groups excluding carboxylic acids is 3. The molecule has 186 valence electrons. The molecule has 2 aromatic carbocycles. The highest BCUT2D eigenvalue weighted by Crippen LogP contribution is 2.28. The lowest BCUT2D eigenvalue weighted by atomic mass is 10.2. The third-order valence-electron chi connectivity index (χ3n) is 4.85. The Labute approximate surface area is 201 Å². The van der Waals surface area contributed by atoms with Crippen LogP contribution in [0.3, 0.4) is 0 Å². The minimum absolute atomic E-state index is 0.0676. The number of nitrogens with one attached hydrogen (secondary N) is 3. The van der Waals surface area contributed by atoms with Crippen LogP contribution in [-0.2, 0) is 19.1 Å². The highest BCUT2D eigenvalue weighted by atomic mass is 19.1. The molecule has 0 bridgehead atoms. The second-order valence-electron chi connectivity index (χ2n) is 7.53. The van der Waals surface area contributed by atoms with Gasteiger partial charge in [0.15, 0.2) is 18.1 Å². The second kappa shape index (κ2) is 13.0. The van der Waals surface area contributed by atoms with Crippen molar-refractivity contribution < 1.29 is 33.0 Å². The number of rotatable bonds is 10. The monoisotopic (exact) mass is 486 g/mol. The molecule has 1 heterocycles. The van der Waals surface area contributed by atoms with Crippen LogP contribution in [0.15, 0.2) is 47.6 Å². The van der Waals surface area contributed by atoms with Crippen molar-refractivity contribution in [3.05, 3.63) is 53.8 Å². The summed E-state index contributed by atoms with van der Waals surface area (Å²) in [5.74, 6) is -1.82. The molecule has 35 heavy (non-hydrogen) atoms. The highest BCUT2D eigenvalue weighted by molar-refractivity contribution is 6.35. The Morgan fingerprint density at radius 3 is 2.63 bits per heavy atom. The maximum absolute atomic E-state index is 13.0. The molecule has 0 saturated carbocycles. The summed E-state index contributed by atoms with van der Waals surface area (Å²) >= 11 is 0. The van der Waals surface area contributed by atoms with Gasteiger partial charge in [0.2, 0.25) is 0 Å². The Morgan fingerprint density at radius 1 is 1.11 bits per heavy atom. The Kier molecular flexibility index (Phi) is 9.55. The van der Waals surface area contributed by atoms with Crippen LogP contribution in [0.2, 0.25) is 0 Å². The quantitative estimate of drug-likeness (QED) is 0.268. The van der Waals surface area contributed by atoms with Gasteiger partial charge >= 0.3 is 11.8 Å². The van der Waals surface area contributed by atoms with Crippen LogP contribution in [0.1, 0.15) is 25.3 Å². The van der Waals surface area contributed by atoms with Crippen LogP contribution >= 0.6 is 0 Å². The molecule has 11 heteroatoms. The van der Waals surface area contributed by atoms with Crippen molar-refractivity contribution in [1.82, 2.24) is 10.7 Å². The maximum atomic E-state index is 13.0. The van der Waals surface area contributed by atoms with Gasteiger partial charge in [-0.05, 0) is 67.8 Å². The normalized spacial score (nSPS) is 15.0. The van der Waals surface area contributed by atoms with Gasteiger partial charge in [-0.25, -0.2) is 9.82 Å². The second-order valence-corrected chi connectivity index (χ2v) is 7.53. The van der Waals surface area contributed by atoms with Crippen LogP contribution < -0.4 is 25.5 Å². The first-order valence-electron chi connectivity index (χ1n) is 11.1. The molecule has 2 aromatic rings. The van der Waals surface area contributed by atoms with E-state index in [9.17, 15) is 18.8 Å². The molecule has 3 N–H and O–H groups in total. The molecule has 0 unspecified atom stereocenters. The summed E-state index contributed by atoms with van der Waals surface area (Å²) in [5.41, 5.74) is 3.18. The third kappa shape index (κ3) is 8.38. The molecular weight excluding hydrogens is 459 g/mol. The number of carbonyl (C=O) groups is 3. The summed E-state index contributed by atoms with van der Waals surface area (Å²) in [5, 5.41) is 8.91. The number of hydrazone groups is 1. The van der Waals surface area contributed by atoms with E-state index in [2.05, 4.69) is 21.2 Å². The summed E-state index contributed by atoms with van der Waals surface area (Å²) < 4.78 is 29.5. The predicted molar refractivity (Wildman–Crippen MR) is 126 cm³/mol. The molecule has 0 aliphatic carbocycles. The van der Waals surface area contributed by atoms with E-state index in [-0.39, 0.29) is 19.3 Å². The van der Waals surface area contributed by atoms with Crippen molar-refractivity contribution in [2.75, 3.05) is 31.7 Å². The first-order chi connectivity index (χ1) is 16.9. The van der Waals surface area contributed by atoms with Gasteiger partial charge in [0.05, 0.1) is 18.9 Å². The number of ether oxygens (including phenoxy) is 3. The fourth-order valence-electron chi connectivity index (χ4n) is 3.17. The number of hydrogen-bond acceptors (Lipinski definition) is 7. The fourth-order valence-corrected chi connectivity index (χ4v) is 3.17. The molecule has 0 spiro atoms. The van der Waals surface area contributed by atoms with E-state index in [1.807, 2.05) is 0 Å². The van der Waals surface area contributed by atoms with Crippen LogP contribution in [0.5, 0.6) is 11.5 Å². The lowest BCUT2D eigenvalue weighted by Gasteiger charge is -2.12. The van der Waals surface area contributed by atoms with Crippen LogP contribution in [0.4, 0.5) is 10.1 Å². The van der Waals surface area contributed by atoms with Gasteiger partial charge in [0.25, 0.3) is 5.91 Å². The number of anilines is 1. The predicted octanol–water partition coefficient (Wildman–Crippen LogP) is 1.99. The van der Waals surface area contributed by atoms with E-state index in [1.165, 1.54) is 30.5 Å². The summed E-state index contributed by atoms with van der Waals surface area (Å²) in [6, 6.07) is 10.2. The van der Waals surface area contributed by atoms with Crippen molar-refractivity contribution >= 4 is 29.6 Å². The molecular formula is C24H27FN4O6. The lowest BCUT2D eigenvalue weighted by molar-refractivity contribution is -0.139. The van der Waals surface area contributed by atoms with Crippen molar-refractivity contribution in [3.8, 4) is 11.5 Å². The van der Waals surface area contributed by atoms with Crippen LogP contribution in [-0.4, -0.2) is 56.4 Å². The Hall–Kier alpha value is -3.99. The smallest absolute Gasteiger partial charge is 0.329 e. The SMILES string of the molecule is CCOc1cc(/C=N\NC(=O)C(=O)NC[C@@H]2CCCO2)ccc1OCC(=O)Nc1ccc(F)cc1. The molecule has 1 aliphatic heterocycles. The first kappa shape index (κ1) is 25.6. The average Bonchev–Trinajstić information content (AvgIpc) is 3.37. The largest absolute Gasteiger partial charge is 0.490 e. The average molecular weight is 487 g/mol. The van der Waals surface area contributed by atoms with Crippen molar-refractivity contribution in [2.45, 2.75) is 25.9 Å². The zero-order chi connectivity index (χ0) is 25.0. The van der Waals surface area contributed by atoms with Crippen molar-refractivity contribution in [1.29, 1.82) is 0 Å². The Balaban J connectivity index is 1.50. The summed E-state index contributed by atoms with van der Waals surface area (Å²) in [6.07, 6.45) is 3.06. The molecule has 1 atom stereocenters. The molecule has 3 rings (SSSR count). The Morgan fingerprint density at radius 2 is 1.91 bits per heavy atom. The van der Waals surface area contributed by atoms with Crippen molar-refractivity contribution in [3.63, 3.8) is 0 Å².